The van der Waals surface area contributed by atoms with Crippen molar-refractivity contribution in [1.29, 1.82) is 0 Å². The van der Waals surface area contributed by atoms with Crippen LogP contribution in [0.3, 0.4) is 0 Å². The number of aromatic nitrogens is 2. The van der Waals surface area contributed by atoms with Crippen LogP contribution in [-0.4, -0.2) is 34.5 Å². The highest BCUT2D eigenvalue weighted by molar-refractivity contribution is 7.71. The van der Waals surface area contributed by atoms with Crippen molar-refractivity contribution in [3.63, 3.8) is 0 Å². The molecule has 0 saturated heterocycles. The van der Waals surface area contributed by atoms with Gasteiger partial charge in [0.05, 0.1) is 24.1 Å². The van der Waals surface area contributed by atoms with Crippen LogP contribution in [0.5, 0.6) is 5.75 Å². The molecule has 0 aliphatic heterocycles. The molecule has 7 heteroatoms. The maximum atomic E-state index is 13.0. The predicted octanol–water partition coefficient (Wildman–Crippen LogP) is 3.44. The highest BCUT2D eigenvalue weighted by atomic mass is 32.1. The zero-order valence-electron chi connectivity index (χ0n) is 15.6. The van der Waals surface area contributed by atoms with E-state index in [1.54, 1.807) is 44.3 Å². The van der Waals surface area contributed by atoms with Gasteiger partial charge in [0.25, 0.3) is 11.5 Å². The number of rotatable bonds is 4. The van der Waals surface area contributed by atoms with E-state index in [9.17, 15) is 9.59 Å². The van der Waals surface area contributed by atoms with Crippen molar-refractivity contribution >= 4 is 29.0 Å². The molecule has 2 aromatic carbocycles. The maximum absolute atomic E-state index is 13.0. The van der Waals surface area contributed by atoms with Gasteiger partial charge in [-0.05, 0) is 43.4 Å². The minimum atomic E-state index is -0.191. The van der Waals surface area contributed by atoms with Crippen LogP contribution >= 0.6 is 12.2 Å². The van der Waals surface area contributed by atoms with E-state index in [-0.39, 0.29) is 17.5 Å². The summed E-state index contributed by atoms with van der Waals surface area (Å²) in [6.45, 7) is 1.94. The number of fused-ring (bicyclic) bond motifs is 1. The molecule has 0 aliphatic rings. The van der Waals surface area contributed by atoms with E-state index in [0.29, 0.717) is 21.2 Å². The molecule has 0 saturated carbocycles. The van der Waals surface area contributed by atoms with Crippen molar-refractivity contribution in [2.45, 2.75) is 13.0 Å². The van der Waals surface area contributed by atoms with E-state index in [1.807, 2.05) is 31.2 Å². The molecular formula is C20H21N3O3S. The Morgan fingerprint density at radius 3 is 2.67 bits per heavy atom. The first-order valence-electron chi connectivity index (χ1n) is 8.48. The molecule has 3 rings (SSSR count). The predicted molar refractivity (Wildman–Crippen MR) is 108 cm³/mol. The molecular weight excluding hydrogens is 362 g/mol. The smallest absolute Gasteiger partial charge is 0.261 e. The summed E-state index contributed by atoms with van der Waals surface area (Å²) < 4.78 is 7.09. The minimum absolute atomic E-state index is 0.157. The molecule has 27 heavy (non-hydrogen) atoms. The number of amides is 1. The second kappa shape index (κ2) is 7.36. The van der Waals surface area contributed by atoms with E-state index in [1.165, 1.54) is 4.57 Å². The number of hydrogen-bond donors (Lipinski definition) is 1. The average molecular weight is 383 g/mol. The monoisotopic (exact) mass is 383 g/mol. The number of H-pyrrole nitrogens is 1. The molecule has 0 spiro atoms. The summed E-state index contributed by atoms with van der Waals surface area (Å²) in [5.74, 6) is 0.575. The van der Waals surface area contributed by atoms with Crippen LogP contribution in [0.2, 0.25) is 0 Å². The van der Waals surface area contributed by atoms with Crippen LogP contribution < -0.4 is 10.3 Å². The molecule has 140 valence electrons. The molecule has 0 radical (unpaired) electrons. The summed E-state index contributed by atoms with van der Waals surface area (Å²) in [7, 11) is 4.97. The van der Waals surface area contributed by atoms with Crippen molar-refractivity contribution in [1.82, 2.24) is 14.5 Å². The molecule has 1 atom stereocenters. The number of carbonyl (C=O) groups excluding carboxylic acids is 1. The first-order valence-corrected chi connectivity index (χ1v) is 8.89. The van der Waals surface area contributed by atoms with Gasteiger partial charge in [0.1, 0.15) is 5.75 Å². The fraction of sp³-hybridized carbons (Fsp3) is 0.250. The van der Waals surface area contributed by atoms with Gasteiger partial charge in [-0.2, -0.15) is 0 Å². The minimum Gasteiger partial charge on any atom is -0.496 e. The van der Waals surface area contributed by atoms with E-state index in [2.05, 4.69) is 4.98 Å². The van der Waals surface area contributed by atoms with Crippen molar-refractivity contribution in [2.75, 3.05) is 14.2 Å². The van der Waals surface area contributed by atoms with Crippen molar-refractivity contribution in [2.24, 2.45) is 7.05 Å². The Hall–Kier alpha value is -2.93. The van der Waals surface area contributed by atoms with Crippen molar-refractivity contribution in [3.8, 4) is 5.75 Å². The quantitative estimate of drug-likeness (QED) is 0.701. The van der Waals surface area contributed by atoms with Crippen LogP contribution in [-0.2, 0) is 7.05 Å². The Morgan fingerprint density at radius 1 is 1.26 bits per heavy atom. The van der Waals surface area contributed by atoms with Gasteiger partial charge in [0.2, 0.25) is 0 Å². The van der Waals surface area contributed by atoms with Crippen molar-refractivity contribution < 1.29 is 9.53 Å². The highest BCUT2D eigenvalue weighted by Crippen LogP contribution is 2.29. The SMILES string of the molecule is COc1ccccc1C(C)N(C)C(=O)c1ccc2c(=O)n(C)c(=S)[nH]c2c1. The summed E-state index contributed by atoms with van der Waals surface area (Å²) in [5, 5.41) is 0.489. The molecule has 1 amide bonds. The topological polar surface area (TPSA) is 67.3 Å². The van der Waals surface area contributed by atoms with Gasteiger partial charge < -0.3 is 14.6 Å². The lowest BCUT2D eigenvalue weighted by Gasteiger charge is -2.26. The van der Waals surface area contributed by atoms with Gasteiger partial charge in [-0.3, -0.25) is 14.2 Å². The second-order valence-corrected chi connectivity index (χ2v) is 6.78. The first kappa shape index (κ1) is 18.8. The van der Waals surface area contributed by atoms with Crippen LogP contribution in [0.15, 0.2) is 47.3 Å². The number of aromatic amines is 1. The third-order valence-corrected chi connectivity index (χ3v) is 5.21. The molecule has 6 nitrogen and oxygen atoms in total. The third kappa shape index (κ3) is 3.38. The normalized spacial score (nSPS) is 12.0. The van der Waals surface area contributed by atoms with E-state index < -0.39 is 0 Å². The highest BCUT2D eigenvalue weighted by Gasteiger charge is 2.22. The van der Waals surface area contributed by atoms with Gasteiger partial charge in [-0.25, -0.2) is 0 Å². The molecule has 1 heterocycles. The standard InChI is InChI=1S/C20H21N3O3S/c1-12(14-7-5-6-8-17(14)26-4)22(2)18(24)13-9-10-15-16(11-13)21-20(27)23(3)19(15)25/h5-12H,1-4H3,(H,21,27). The number of hydrogen-bond acceptors (Lipinski definition) is 4. The summed E-state index contributed by atoms with van der Waals surface area (Å²) in [5.41, 5.74) is 1.76. The average Bonchev–Trinajstić information content (AvgIpc) is 2.70. The number of para-hydroxylation sites is 1. The Bertz CT molecular complexity index is 1130. The number of carbonyl (C=O) groups is 1. The molecule has 1 aromatic heterocycles. The van der Waals surface area contributed by atoms with Crippen LogP contribution in [0.25, 0.3) is 10.9 Å². The van der Waals surface area contributed by atoms with Crippen molar-refractivity contribution in [3.05, 3.63) is 68.7 Å². The van der Waals surface area contributed by atoms with Crippen LogP contribution in [0.1, 0.15) is 28.9 Å². The Labute approximate surface area is 162 Å². The molecule has 1 unspecified atom stereocenters. The largest absolute Gasteiger partial charge is 0.496 e. The number of ether oxygens (including phenoxy) is 1. The molecule has 0 fully saturated rings. The van der Waals surface area contributed by atoms with Gasteiger partial charge in [0.15, 0.2) is 4.77 Å². The number of nitrogens with zero attached hydrogens (tertiary/aromatic N) is 2. The summed E-state index contributed by atoms with van der Waals surface area (Å²) in [6.07, 6.45) is 0. The van der Waals surface area contributed by atoms with E-state index in [0.717, 1.165) is 11.3 Å². The molecule has 0 aliphatic carbocycles. The molecule has 1 N–H and O–H groups in total. The van der Waals surface area contributed by atoms with Gasteiger partial charge in [0, 0.05) is 25.2 Å². The number of nitrogens with one attached hydrogen (secondary N) is 1. The Kier molecular flexibility index (Phi) is 5.14. The lowest BCUT2D eigenvalue weighted by molar-refractivity contribution is 0.0741. The number of benzene rings is 2. The summed E-state index contributed by atoms with van der Waals surface area (Å²) in [6, 6.07) is 12.4. The van der Waals surface area contributed by atoms with Gasteiger partial charge >= 0.3 is 0 Å². The van der Waals surface area contributed by atoms with E-state index in [4.69, 9.17) is 17.0 Å². The van der Waals surface area contributed by atoms with Gasteiger partial charge in [-0.15, -0.1) is 0 Å². The fourth-order valence-corrected chi connectivity index (χ4v) is 3.23. The Balaban J connectivity index is 1.98. The summed E-state index contributed by atoms with van der Waals surface area (Å²) >= 11 is 5.16. The zero-order valence-corrected chi connectivity index (χ0v) is 16.5. The second-order valence-electron chi connectivity index (χ2n) is 6.39. The lowest BCUT2D eigenvalue weighted by Crippen LogP contribution is -2.30. The Morgan fingerprint density at radius 2 is 1.96 bits per heavy atom. The lowest BCUT2D eigenvalue weighted by atomic mass is 10.0. The van der Waals surface area contributed by atoms with Gasteiger partial charge in [-0.1, -0.05) is 18.2 Å². The third-order valence-electron chi connectivity index (χ3n) is 4.84. The van der Waals surface area contributed by atoms with Crippen LogP contribution in [0, 0.1) is 4.77 Å². The summed E-state index contributed by atoms with van der Waals surface area (Å²) in [4.78, 5) is 29.9. The number of methoxy groups -OCH3 is 1. The maximum Gasteiger partial charge on any atom is 0.261 e. The molecule has 0 bridgehead atoms. The molecule has 3 aromatic rings. The first-order chi connectivity index (χ1) is 12.8. The van der Waals surface area contributed by atoms with Crippen LogP contribution in [0.4, 0.5) is 0 Å². The fourth-order valence-electron chi connectivity index (χ4n) is 3.04. The van der Waals surface area contributed by atoms with E-state index >= 15 is 0 Å². The zero-order chi connectivity index (χ0) is 19.7.